The normalized spacial score (nSPS) is 22.8. The van der Waals surface area contributed by atoms with Crippen molar-refractivity contribution < 1.29 is 4.74 Å². The number of hydrogen-bond acceptors (Lipinski definition) is 2. The lowest BCUT2D eigenvalue weighted by molar-refractivity contribution is 0.251. The summed E-state index contributed by atoms with van der Waals surface area (Å²) in [6, 6.07) is 8.81. The van der Waals surface area contributed by atoms with Crippen molar-refractivity contribution in [1.29, 1.82) is 0 Å². The molecule has 1 N–H and O–H groups in total. The summed E-state index contributed by atoms with van der Waals surface area (Å²) < 4.78 is 5.19. The van der Waals surface area contributed by atoms with E-state index in [9.17, 15) is 0 Å². The van der Waals surface area contributed by atoms with Crippen LogP contribution < -0.4 is 10.1 Å². The van der Waals surface area contributed by atoms with E-state index >= 15 is 0 Å². The van der Waals surface area contributed by atoms with E-state index < -0.39 is 0 Å². The molecule has 1 unspecified atom stereocenters. The minimum atomic E-state index is 0.165. The Labute approximate surface area is 110 Å². The molecule has 0 aliphatic carbocycles. The van der Waals surface area contributed by atoms with Crippen LogP contribution in [0, 0.1) is 5.41 Å². The molecule has 0 radical (unpaired) electrons. The van der Waals surface area contributed by atoms with Crippen molar-refractivity contribution in [3.8, 4) is 5.75 Å². The zero-order chi connectivity index (χ0) is 13.2. The number of methoxy groups -OCH3 is 1. The lowest BCUT2D eigenvalue weighted by Crippen LogP contribution is -2.49. The van der Waals surface area contributed by atoms with Gasteiger partial charge in [0.05, 0.1) is 7.11 Å². The van der Waals surface area contributed by atoms with Crippen molar-refractivity contribution in [2.45, 2.75) is 32.7 Å². The number of ether oxygens (including phenoxy) is 1. The molecule has 0 amide bonds. The maximum atomic E-state index is 5.19. The van der Waals surface area contributed by atoms with Gasteiger partial charge in [0.25, 0.3) is 0 Å². The third kappa shape index (κ3) is 2.59. The predicted octanol–water partition coefficient (Wildman–Crippen LogP) is 3.18. The Morgan fingerprint density at radius 1 is 1.33 bits per heavy atom. The fraction of sp³-hybridized carbons (Fsp3) is 0.500. The molecule has 2 heteroatoms. The Hall–Kier alpha value is -1.28. The minimum absolute atomic E-state index is 0.165. The molecule has 0 aromatic heterocycles. The molecule has 1 aromatic carbocycles. The van der Waals surface area contributed by atoms with Crippen molar-refractivity contribution in [1.82, 2.24) is 5.32 Å². The molecule has 0 bridgehead atoms. The van der Waals surface area contributed by atoms with E-state index in [1.165, 1.54) is 11.1 Å². The van der Waals surface area contributed by atoms with Gasteiger partial charge in [0.2, 0.25) is 0 Å². The van der Waals surface area contributed by atoms with Crippen LogP contribution in [0.1, 0.15) is 25.8 Å². The van der Waals surface area contributed by atoms with E-state index in [2.05, 4.69) is 37.9 Å². The highest BCUT2D eigenvalue weighted by Gasteiger charge is 2.34. The highest BCUT2D eigenvalue weighted by molar-refractivity contribution is 5.29. The van der Waals surface area contributed by atoms with Gasteiger partial charge in [0.15, 0.2) is 0 Å². The summed E-state index contributed by atoms with van der Waals surface area (Å²) in [6.45, 7) is 9.85. The predicted molar refractivity (Wildman–Crippen MR) is 76.0 cm³/mol. The molecule has 0 spiro atoms. The zero-order valence-electron chi connectivity index (χ0n) is 11.6. The molecule has 1 atom stereocenters. The zero-order valence-corrected chi connectivity index (χ0v) is 11.6. The van der Waals surface area contributed by atoms with Gasteiger partial charge in [0, 0.05) is 11.5 Å². The fourth-order valence-corrected chi connectivity index (χ4v) is 2.55. The molecular formula is C16H23NO. The van der Waals surface area contributed by atoms with Crippen LogP contribution >= 0.6 is 0 Å². The van der Waals surface area contributed by atoms with Crippen LogP contribution in [0.5, 0.6) is 5.75 Å². The van der Waals surface area contributed by atoms with Gasteiger partial charge in [0.1, 0.15) is 5.75 Å². The first kappa shape index (κ1) is 13.2. The number of piperidine rings is 1. The average Bonchev–Trinajstić information content (AvgIpc) is 2.36. The Bertz CT molecular complexity index is 419. The second-order valence-corrected chi connectivity index (χ2v) is 5.63. The van der Waals surface area contributed by atoms with Gasteiger partial charge in [-0.1, -0.05) is 38.1 Å². The first-order valence-corrected chi connectivity index (χ1v) is 6.58. The van der Waals surface area contributed by atoms with E-state index in [1.54, 1.807) is 7.11 Å². The summed E-state index contributed by atoms with van der Waals surface area (Å²) in [7, 11) is 1.70. The summed E-state index contributed by atoms with van der Waals surface area (Å²) in [4.78, 5) is 0. The topological polar surface area (TPSA) is 21.3 Å². The first-order chi connectivity index (χ1) is 8.54. The minimum Gasteiger partial charge on any atom is -0.497 e. The first-order valence-electron chi connectivity index (χ1n) is 6.58. The van der Waals surface area contributed by atoms with Crippen molar-refractivity contribution in [2.24, 2.45) is 5.41 Å². The van der Waals surface area contributed by atoms with Crippen LogP contribution in [-0.4, -0.2) is 19.7 Å². The van der Waals surface area contributed by atoms with Gasteiger partial charge in [-0.15, -0.1) is 0 Å². The molecule has 1 fully saturated rings. The number of hydrogen-bond donors (Lipinski definition) is 1. The summed E-state index contributed by atoms with van der Waals surface area (Å²) in [5, 5.41) is 3.62. The Morgan fingerprint density at radius 2 is 2.00 bits per heavy atom. The Morgan fingerprint density at radius 3 is 2.61 bits per heavy atom. The second-order valence-electron chi connectivity index (χ2n) is 5.63. The Balaban J connectivity index is 2.09. The van der Waals surface area contributed by atoms with Gasteiger partial charge >= 0.3 is 0 Å². The summed E-state index contributed by atoms with van der Waals surface area (Å²) >= 11 is 0. The van der Waals surface area contributed by atoms with Crippen LogP contribution in [0.15, 0.2) is 36.4 Å². The van der Waals surface area contributed by atoms with Gasteiger partial charge in [-0.3, -0.25) is 0 Å². The highest BCUT2D eigenvalue weighted by atomic mass is 16.5. The van der Waals surface area contributed by atoms with Crippen LogP contribution in [0.4, 0.5) is 0 Å². The quantitative estimate of drug-likeness (QED) is 0.826. The van der Waals surface area contributed by atoms with Gasteiger partial charge in [-0.25, -0.2) is 0 Å². The molecule has 1 aromatic rings. The standard InChI is InChI=1S/C16H23NO/c1-12-9-10-17-15(16(12,2)3)11-13-5-7-14(18-4)8-6-13/h5-8,15,17H,1,9-11H2,2-4H3. The molecule has 2 rings (SSSR count). The van der Waals surface area contributed by atoms with E-state index in [0.717, 1.165) is 25.1 Å². The lowest BCUT2D eigenvalue weighted by atomic mass is 9.72. The molecule has 1 heterocycles. The van der Waals surface area contributed by atoms with Crippen molar-refractivity contribution in [3.05, 3.63) is 42.0 Å². The highest BCUT2D eigenvalue weighted by Crippen LogP contribution is 2.35. The lowest BCUT2D eigenvalue weighted by Gasteiger charge is -2.41. The molecule has 18 heavy (non-hydrogen) atoms. The number of benzene rings is 1. The van der Waals surface area contributed by atoms with Crippen LogP contribution in [-0.2, 0) is 6.42 Å². The third-order valence-electron chi connectivity index (χ3n) is 4.20. The van der Waals surface area contributed by atoms with Crippen LogP contribution in [0.2, 0.25) is 0 Å². The molecular weight excluding hydrogens is 222 g/mol. The largest absolute Gasteiger partial charge is 0.497 e. The summed E-state index contributed by atoms with van der Waals surface area (Å²) in [6.07, 6.45) is 2.13. The number of rotatable bonds is 3. The van der Waals surface area contributed by atoms with Gasteiger partial charge in [-0.05, 0) is 37.1 Å². The van der Waals surface area contributed by atoms with E-state index in [-0.39, 0.29) is 5.41 Å². The van der Waals surface area contributed by atoms with Crippen LogP contribution in [0.3, 0.4) is 0 Å². The Kier molecular flexibility index (Phi) is 3.76. The fourth-order valence-electron chi connectivity index (χ4n) is 2.55. The van der Waals surface area contributed by atoms with Crippen molar-refractivity contribution in [3.63, 3.8) is 0 Å². The van der Waals surface area contributed by atoms with E-state index in [4.69, 9.17) is 4.74 Å². The van der Waals surface area contributed by atoms with Crippen molar-refractivity contribution >= 4 is 0 Å². The maximum Gasteiger partial charge on any atom is 0.118 e. The monoisotopic (exact) mass is 245 g/mol. The van der Waals surface area contributed by atoms with Gasteiger partial charge < -0.3 is 10.1 Å². The molecule has 2 nitrogen and oxygen atoms in total. The second kappa shape index (κ2) is 5.15. The molecule has 1 aliphatic heterocycles. The number of nitrogens with one attached hydrogen (secondary N) is 1. The smallest absolute Gasteiger partial charge is 0.118 e. The summed E-state index contributed by atoms with van der Waals surface area (Å²) in [5.41, 5.74) is 2.87. The van der Waals surface area contributed by atoms with Gasteiger partial charge in [-0.2, -0.15) is 0 Å². The summed E-state index contributed by atoms with van der Waals surface area (Å²) in [5.74, 6) is 0.916. The molecule has 1 aliphatic rings. The maximum absolute atomic E-state index is 5.19. The third-order valence-corrected chi connectivity index (χ3v) is 4.20. The van der Waals surface area contributed by atoms with Crippen molar-refractivity contribution in [2.75, 3.05) is 13.7 Å². The molecule has 98 valence electrons. The van der Waals surface area contributed by atoms with E-state index in [1.807, 2.05) is 12.1 Å². The average molecular weight is 245 g/mol. The molecule has 1 saturated heterocycles. The SMILES string of the molecule is C=C1CCNC(Cc2ccc(OC)cc2)C1(C)C. The van der Waals surface area contributed by atoms with Crippen LogP contribution in [0.25, 0.3) is 0 Å². The molecule has 0 saturated carbocycles. The van der Waals surface area contributed by atoms with E-state index in [0.29, 0.717) is 6.04 Å².